The molecule has 0 aromatic heterocycles. The number of esters is 1. The minimum Gasteiger partial charge on any atom is -0.469 e. The molecule has 0 aliphatic carbocycles. The topological polar surface area (TPSA) is 130 Å². The lowest BCUT2D eigenvalue weighted by Crippen LogP contribution is -2.22. The van der Waals surface area contributed by atoms with Crippen molar-refractivity contribution >= 4 is 11.7 Å². The Morgan fingerprint density at radius 2 is 2.10 bits per heavy atom. The highest BCUT2D eigenvalue weighted by Crippen LogP contribution is 2.26. The molecular weight excluding hydrogens is 270 g/mol. The molecule has 8 nitrogen and oxygen atoms in total. The molecule has 0 spiro atoms. The van der Waals surface area contributed by atoms with Crippen LogP contribution < -0.4 is 0 Å². The first kappa shape index (κ1) is 16.0. The van der Waals surface area contributed by atoms with E-state index < -0.39 is 36.1 Å². The second-order valence-electron chi connectivity index (χ2n) is 4.10. The highest BCUT2D eigenvalue weighted by atomic mass is 16.6. The molecule has 2 atom stereocenters. The van der Waals surface area contributed by atoms with Gasteiger partial charge in [-0.2, -0.15) is 0 Å². The quantitative estimate of drug-likeness (QED) is 0.382. The van der Waals surface area contributed by atoms with Gasteiger partial charge in [-0.25, -0.2) is 0 Å². The lowest BCUT2D eigenvalue weighted by Gasteiger charge is -2.17. The SMILES string of the molecule is COC(=O)CC(O)C(O)c1ccc([N+](=O)[O-])c(CO)c1. The van der Waals surface area contributed by atoms with Gasteiger partial charge in [0.1, 0.15) is 6.10 Å². The minimum absolute atomic E-state index is 0.0109. The van der Waals surface area contributed by atoms with Gasteiger partial charge in [0.05, 0.1) is 36.7 Å². The molecule has 1 aromatic carbocycles. The maximum atomic E-state index is 11.0. The number of ether oxygens (including phenoxy) is 1. The standard InChI is InChI=1S/C12H15NO7/c1-20-11(16)5-10(15)12(17)7-2-3-9(13(18)19)8(4-7)6-14/h2-4,10,12,14-15,17H,5-6H2,1H3. The molecule has 0 amide bonds. The summed E-state index contributed by atoms with van der Waals surface area (Å²) in [6.07, 6.45) is -3.24. The van der Waals surface area contributed by atoms with Crippen molar-refractivity contribution in [3.8, 4) is 0 Å². The highest BCUT2D eigenvalue weighted by Gasteiger charge is 2.24. The van der Waals surface area contributed by atoms with Crippen LogP contribution in [0.1, 0.15) is 23.7 Å². The van der Waals surface area contributed by atoms with Crippen molar-refractivity contribution in [1.29, 1.82) is 0 Å². The molecule has 1 aromatic rings. The smallest absolute Gasteiger partial charge is 0.308 e. The van der Waals surface area contributed by atoms with Crippen molar-refractivity contribution in [2.75, 3.05) is 7.11 Å². The van der Waals surface area contributed by atoms with Crippen LogP contribution in [0.25, 0.3) is 0 Å². The lowest BCUT2D eigenvalue weighted by molar-refractivity contribution is -0.385. The number of nitro groups is 1. The Kier molecular flexibility index (Phi) is 5.56. The number of hydrogen-bond donors (Lipinski definition) is 3. The first-order chi connectivity index (χ1) is 9.40. The predicted molar refractivity (Wildman–Crippen MR) is 66.6 cm³/mol. The molecule has 0 aliphatic heterocycles. The predicted octanol–water partition coefficient (Wildman–Crippen LogP) is 0.0445. The van der Waals surface area contributed by atoms with E-state index in [0.717, 1.165) is 13.2 Å². The first-order valence-electron chi connectivity index (χ1n) is 5.71. The number of nitro benzene ring substituents is 1. The van der Waals surface area contributed by atoms with Crippen LogP contribution in [-0.4, -0.2) is 39.4 Å². The summed E-state index contributed by atoms with van der Waals surface area (Å²) < 4.78 is 4.36. The summed E-state index contributed by atoms with van der Waals surface area (Å²) in [5.74, 6) is -0.694. The molecule has 8 heteroatoms. The summed E-state index contributed by atoms with van der Waals surface area (Å²) in [7, 11) is 1.15. The van der Waals surface area contributed by atoms with Gasteiger partial charge in [-0.3, -0.25) is 14.9 Å². The second-order valence-corrected chi connectivity index (χ2v) is 4.10. The molecule has 2 unspecified atom stereocenters. The summed E-state index contributed by atoms with van der Waals surface area (Å²) >= 11 is 0. The van der Waals surface area contributed by atoms with Crippen molar-refractivity contribution in [2.45, 2.75) is 25.2 Å². The number of hydrogen-bond acceptors (Lipinski definition) is 7. The summed E-state index contributed by atoms with van der Waals surface area (Å²) in [6, 6.07) is 3.58. The number of nitrogens with zero attached hydrogens (tertiary/aromatic N) is 1. The van der Waals surface area contributed by atoms with E-state index in [4.69, 9.17) is 5.11 Å². The Labute approximate surface area is 114 Å². The Hall–Kier alpha value is -2.03. The van der Waals surface area contributed by atoms with Gasteiger partial charge in [0.25, 0.3) is 5.69 Å². The molecule has 0 bridgehead atoms. The van der Waals surface area contributed by atoms with Crippen LogP contribution in [0.2, 0.25) is 0 Å². The maximum absolute atomic E-state index is 11.0. The average Bonchev–Trinajstić information content (AvgIpc) is 2.45. The molecule has 0 fully saturated rings. The zero-order valence-corrected chi connectivity index (χ0v) is 10.7. The number of carbonyl (C=O) groups is 1. The van der Waals surface area contributed by atoms with Gasteiger partial charge in [-0.15, -0.1) is 0 Å². The summed E-state index contributed by atoms with van der Waals surface area (Å²) in [6.45, 7) is -0.579. The van der Waals surface area contributed by atoms with Gasteiger partial charge in [-0.1, -0.05) is 0 Å². The molecule has 0 saturated heterocycles. The number of aliphatic hydroxyl groups excluding tert-OH is 3. The van der Waals surface area contributed by atoms with Crippen molar-refractivity contribution < 1.29 is 29.8 Å². The normalized spacial score (nSPS) is 13.6. The van der Waals surface area contributed by atoms with Crippen LogP contribution in [0.5, 0.6) is 0 Å². The fraction of sp³-hybridized carbons (Fsp3) is 0.417. The van der Waals surface area contributed by atoms with Gasteiger partial charge in [0.15, 0.2) is 0 Å². The van der Waals surface area contributed by atoms with E-state index in [1.165, 1.54) is 12.1 Å². The van der Waals surface area contributed by atoms with Crippen LogP contribution in [0.15, 0.2) is 18.2 Å². The third-order valence-electron chi connectivity index (χ3n) is 2.78. The molecule has 0 saturated carbocycles. The maximum Gasteiger partial charge on any atom is 0.308 e. The van der Waals surface area contributed by atoms with E-state index in [2.05, 4.69) is 4.74 Å². The Morgan fingerprint density at radius 1 is 1.45 bits per heavy atom. The van der Waals surface area contributed by atoms with Gasteiger partial charge in [0, 0.05) is 6.07 Å². The molecule has 0 heterocycles. The van der Waals surface area contributed by atoms with E-state index in [-0.39, 0.29) is 16.8 Å². The van der Waals surface area contributed by atoms with E-state index in [9.17, 15) is 25.1 Å². The third-order valence-corrected chi connectivity index (χ3v) is 2.78. The highest BCUT2D eigenvalue weighted by molar-refractivity contribution is 5.69. The van der Waals surface area contributed by atoms with Gasteiger partial charge in [0.2, 0.25) is 0 Å². The van der Waals surface area contributed by atoms with Crippen molar-refractivity contribution in [2.24, 2.45) is 0 Å². The molecule has 20 heavy (non-hydrogen) atoms. The van der Waals surface area contributed by atoms with E-state index in [1.54, 1.807) is 0 Å². The zero-order valence-electron chi connectivity index (χ0n) is 10.7. The monoisotopic (exact) mass is 285 g/mol. The molecule has 0 aliphatic rings. The Morgan fingerprint density at radius 3 is 2.60 bits per heavy atom. The van der Waals surface area contributed by atoms with Gasteiger partial charge >= 0.3 is 5.97 Å². The first-order valence-corrected chi connectivity index (χ1v) is 5.71. The summed E-state index contributed by atoms with van der Waals surface area (Å²) in [5.41, 5.74) is -0.112. The van der Waals surface area contributed by atoms with E-state index >= 15 is 0 Å². The van der Waals surface area contributed by atoms with Gasteiger partial charge in [-0.05, 0) is 17.7 Å². The molecular formula is C12H15NO7. The van der Waals surface area contributed by atoms with E-state index in [1.807, 2.05) is 0 Å². The molecule has 3 N–H and O–H groups in total. The van der Waals surface area contributed by atoms with E-state index in [0.29, 0.717) is 0 Å². The average molecular weight is 285 g/mol. The number of aliphatic hydroxyl groups is 3. The molecule has 110 valence electrons. The zero-order chi connectivity index (χ0) is 15.3. The van der Waals surface area contributed by atoms with Crippen molar-refractivity contribution in [3.63, 3.8) is 0 Å². The van der Waals surface area contributed by atoms with Crippen LogP contribution in [0, 0.1) is 10.1 Å². The largest absolute Gasteiger partial charge is 0.469 e. The number of carbonyl (C=O) groups excluding carboxylic acids is 1. The number of rotatable bonds is 6. The summed E-state index contributed by atoms with van der Waals surface area (Å²) in [4.78, 5) is 21.0. The van der Waals surface area contributed by atoms with Crippen molar-refractivity contribution in [1.82, 2.24) is 0 Å². The van der Waals surface area contributed by atoms with Crippen LogP contribution >= 0.6 is 0 Å². The lowest BCUT2D eigenvalue weighted by atomic mass is 9.99. The van der Waals surface area contributed by atoms with Gasteiger partial charge < -0.3 is 20.1 Å². The Balaban J connectivity index is 2.96. The Bertz CT molecular complexity index is 503. The fourth-order valence-electron chi connectivity index (χ4n) is 1.68. The minimum atomic E-state index is -1.42. The summed E-state index contributed by atoms with van der Waals surface area (Å²) in [5, 5.41) is 39.3. The van der Waals surface area contributed by atoms with Crippen molar-refractivity contribution in [3.05, 3.63) is 39.4 Å². The fourth-order valence-corrected chi connectivity index (χ4v) is 1.68. The second kappa shape index (κ2) is 6.94. The van der Waals surface area contributed by atoms with Crippen LogP contribution in [0.3, 0.4) is 0 Å². The number of methoxy groups -OCH3 is 1. The van der Waals surface area contributed by atoms with Crippen LogP contribution in [0.4, 0.5) is 5.69 Å². The third kappa shape index (κ3) is 3.73. The number of benzene rings is 1. The molecule has 0 radical (unpaired) electrons. The van der Waals surface area contributed by atoms with Crippen LogP contribution in [-0.2, 0) is 16.1 Å². The molecule has 1 rings (SSSR count).